The molecule has 0 spiro atoms. The van der Waals surface area contributed by atoms with Gasteiger partial charge in [-0.3, -0.25) is 0 Å². The molecule has 1 rings (SSSR count). The van der Waals surface area contributed by atoms with Gasteiger partial charge in [0, 0.05) is 11.3 Å². The van der Waals surface area contributed by atoms with Crippen molar-refractivity contribution in [1.82, 2.24) is 0 Å². The maximum absolute atomic E-state index is 11.6. The Labute approximate surface area is 182 Å². The smallest absolute Gasteiger partial charge is 0.551 e. The van der Waals surface area contributed by atoms with Crippen molar-refractivity contribution < 1.29 is 46.1 Å². The normalized spacial score (nSPS) is 10.5. The van der Waals surface area contributed by atoms with E-state index in [9.17, 15) is 15.0 Å². The van der Waals surface area contributed by atoms with Gasteiger partial charge in [0.2, 0.25) is 0 Å². The average Bonchev–Trinajstić information content (AvgIpc) is 2.53. The minimum absolute atomic E-state index is 0. The fourth-order valence-electron chi connectivity index (χ4n) is 2.62. The number of aromatic carboxylic acids is 1. The molecule has 3 nitrogen and oxygen atoms in total. The first-order chi connectivity index (χ1) is 11.9. The first-order valence-electron chi connectivity index (χ1n) is 9.00. The first kappa shape index (κ1) is 24.9. The first-order valence-corrected chi connectivity index (χ1v) is 9.00. The van der Waals surface area contributed by atoms with Crippen LogP contribution in [0.5, 0.6) is 5.75 Å². The predicted molar refractivity (Wildman–Crippen MR) is 104 cm³/mol. The second-order valence-corrected chi connectivity index (χ2v) is 6.71. The number of benzene rings is 1. The second kappa shape index (κ2) is 13.1. The zero-order chi connectivity index (χ0) is 18.8. The number of hydrogen-bond donors (Lipinski definition) is 2. The Bertz CT molecular complexity index is 629. The molecule has 1 aromatic carbocycles. The van der Waals surface area contributed by atoms with Gasteiger partial charge in [0.05, 0.1) is 0 Å². The van der Waals surface area contributed by atoms with E-state index >= 15 is 0 Å². The van der Waals surface area contributed by atoms with Gasteiger partial charge in [-0.25, -0.2) is 22.9 Å². The summed E-state index contributed by atoms with van der Waals surface area (Å²) in [5.74, 6) is -0.0963. The molecule has 0 amide bonds. The summed E-state index contributed by atoms with van der Waals surface area (Å²) in [5.41, 5.74) is 2.39. The van der Waals surface area contributed by atoms with Crippen LogP contribution >= 0.6 is 0 Å². The fraction of sp³-hybridized carbons (Fsp3) is 0.455. The molecule has 0 atom stereocenters. The van der Waals surface area contributed by atoms with Crippen LogP contribution < -0.4 is 0 Å². The number of hydrogen-bond acceptors (Lipinski definition) is 2. The van der Waals surface area contributed by atoms with Crippen molar-refractivity contribution in [2.45, 2.75) is 66.2 Å². The van der Waals surface area contributed by atoms with Gasteiger partial charge >= 0.3 is 37.1 Å². The van der Waals surface area contributed by atoms with Gasteiger partial charge in [0.25, 0.3) is 0 Å². The molecule has 0 saturated heterocycles. The fourth-order valence-corrected chi connectivity index (χ4v) is 2.62. The summed E-state index contributed by atoms with van der Waals surface area (Å²) in [6.45, 7) is 8.29. The van der Waals surface area contributed by atoms with E-state index in [1.807, 2.05) is 13.0 Å². The zero-order valence-corrected chi connectivity index (χ0v) is 20.5. The van der Waals surface area contributed by atoms with Crippen LogP contribution in [0.3, 0.4) is 0 Å². The standard InChI is InChI=1S/C22H30O3.U/c1-5-6-7-11-18-14-15-19(21(23)20(18)22(24)25)13-12-17(4)10-8-9-16(2)3;/h9,12-14,23H,5-8,10-11H2,1-4H3,(H,24,25);/q-2;+2. The Morgan fingerprint density at radius 1 is 1.31 bits per heavy atom. The van der Waals surface area contributed by atoms with E-state index in [0.717, 1.165) is 32.1 Å². The molecular formula is C22H30O3U. The van der Waals surface area contributed by atoms with Crippen molar-refractivity contribution in [2.75, 3.05) is 0 Å². The molecule has 0 aliphatic carbocycles. The molecule has 0 aromatic heterocycles. The van der Waals surface area contributed by atoms with Gasteiger partial charge < -0.3 is 10.2 Å². The van der Waals surface area contributed by atoms with Crippen LogP contribution in [0.4, 0.5) is 0 Å². The van der Waals surface area contributed by atoms with Crippen molar-refractivity contribution in [1.29, 1.82) is 0 Å². The van der Waals surface area contributed by atoms with E-state index in [1.54, 1.807) is 12.1 Å². The molecule has 0 bridgehead atoms. The SMILES string of the molecule is CCCCCc1c[c-]c(C=C[C-](C)CCC=C(C)C)c(O)c1C(=O)O.[U+2]. The molecular weight excluding hydrogens is 550 g/mol. The van der Waals surface area contributed by atoms with Gasteiger partial charge in [-0.15, -0.1) is 24.6 Å². The summed E-state index contributed by atoms with van der Waals surface area (Å²) < 4.78 is 0. The summed E-state index contributed by atoms with van der Waals surface area (Å²) in [6, 6.07) is 4.74. The number of phenols is 1. The van der Waals surface area contributed by atoms with Crippen molar-refractivity contribution in [3.8, 4) is 5.75 Å². The van der Waals surface area contributed by atoms with Crippen LogP contribution in [0.2, 0.25) is 0 Å². The molecule has 0 aliphatic heterocycles. The van der Waals surface area contributed by atoms with Crippen molar-refractivity contribution in [2.24, 2.45) is 0 Å². The molecule has 4 heteroatoms. The summed E-state index contributed by atoms with van der Waals surface area (Å²) in [4.78, 5) is 11.6. The van der Waals surface area contributed by atoms with Gasteiger partial charge in [-0.2, -0.15) is 5.56 Å². The predicted octanol–water partition coefficient (Wildman–Crippen LogP) is 5.98. The molecule has 0 radical (unpaired) electrons. The number of unbranched alkanes of at least 4 members (excludes halogenated alkanes) is 2. The Kier molecular flexibility index (Phi) is 12.6. The third-order valence-corrected chi connectivity index (χ3v) is 4.10. The number of carboxylic acids is 1. The summed E-state index contributed by atoms with van der Waals surface area (Å²) in [6.07, 6.45) is 11.4. The van der Waals surface area contributed by atoms with Crippen molar-refractivity contribution in [3.05, 3.63) is 52.5 Å². The Morgan fingerprint density at radius 3 is 2.58 bits per heavy atom. The number of rotatable bonds is 10. The third kappa shape index (κ3) is 8.52. The Balaban J connectivity index is 0.00000625. The molecule has 0 saturated carbocycles. The van der Waals surface area contributed by atoms with Crippen LogP contribution in [0.1, 0.15) is 81.3 Å². The summed E-state index contributed by atoms with van der Waals surface area (Å²) in [7, 11) is 0. The monoisotopic (exact) mass is 580 g/mol. The topological polar surface area (TPSA) is 57.5 Å². The molecule has 0 aliphatic rings. The number of aryl methyl sites for hydroxylation is 1. The molecule has 0 unspecified atom stereocenters. The van der Waals surface area contributed by atoms with Gasteiger partial charge in [-0.1, -0.05) is 50.7 Å². The van der Waals surface area contributed by atoms with Crippen molar-refractivity contribution in [3.63, 3.8) is 0 Å². The van der Waals surface area contributed by atoms with E-state index in [2.05, 4.69) is 32.9 Å². The number of aromatic hydroxyl groups is 1. The number of allylic oxidation sites excluding steroid dienone is 3. The number of carbonyl (C=O) groups is 1. The molecule has 1 aromatic rings. The number of carboxylic acid groups (broad SMARTS) is 1. The van der Waals surface area contributed by atoms with Crippen LogP contribution in [-0.4, -0.2) is 16.2 Å². The summed E-state index contributed by atoms with van der Waals surface area (Å²) >= 11 is 0. The Morgan fingerprint density at radius 2 is 2.00 bits per heavy atom. The van der Waals surface area contributed by atoms with Gasteiger partial charge in [-0.05, 0) is 20.3 Å². The van der Waals surface area contributed by atoms with Gasteiger partial charge in [0.1, 0.15) is 0 Å². The minimum Gasteiger partial charge on any atom is -0.551 e. The van der Waals surface area contributed by atoms with Crippen LogP contribution in [0.25, 0.3) is 6.08 Å². The van der Waals surface area contributed by atoms with E-state index < -0.39 is 5.97 Å². The molecule has 0 heterocycles. The summed E-state index contributed by atoms with van der Waals surface area (Å²) in [5, 5.41) is 19.8. The quantitative estimate of drug-likeness (QED) is 0.204. The zero-order valence-electron chi connectivity index (χ0n) is 16.4. The Hall–Kier alpha value is -1.11. The van der Waals surface area contributed by atoms with Crippen LogP contribution in [-0.2, 0) is 6.42 Å². The maximum Gasteiger partial charge on any atom is 2.00 e. The average molecular weight is 581 g/mol. The minimum atomic E-state index is -1.09. The maximum atomic E-state index is 11.6. The molecule has 26 heavy (non-hydrogen) atoms. The second-order valence-electron chi connectivity index (χ2n) is 6.71. The third-order valence-electron chi connectivity index (χ3n) is 4.10. The van der Waals surface area contributed by atoms with E-state index in [-0.39, 0.29) is 42.4 Å². The van der Waals surface area contributed by atoms with E-state index in [0.29, 0.717) is 17.5 Å². The molecule has 140 valence electrons. The van der Waals surface area contributed by atoms with E-state index in [1.165, 1.54) is 11.5 Å². The van der Waals surface area contributed by atoms with Gasteiger partial charge in [0.15, 0.2) is 0 Å². The van der Waals surface area contributed by atoms with E-state index in [4.69, 9.17) is 0 Å². The van der Waals surface area contributed by atoms with Crippen molar-refractivity contribution >= 4 is 12.0 Å². The van der Waals surface area contributed by atoms with Crippen LogP contribution in [0, 0.1) is 43.1 Å². The van der Waals surface area contributed by atoms with Crippen LogP contribution in [0.15, 0.2) is 23.8 Å². The molecule has 0 fully saturated rings. The molecule has 2 N–H and O–H groups in total. The largest absolute Gasteiger partial charge is 2.00 e.